The van der Waals surface area contributed by atoms with Crippen LogP contribution in [0.15, 0.2) is 24.3 Å². The van der Waals surface area contributed by atoms with Crippen LogP contribution in [-0.2, 0) is 20.6 Å². The summed E-state index contributed by atoms with van der Waals surface area (Å²) in [5.74, 6) is 0.891. The highest BCUT2D eigenvalue weighted by molar-refractivity contribution is 5.27. The third kappa shape index (κ3) is 14.9. The van der Waals surface area contributed by atoms with Crippen molar-refractivity contribution in [1.82, 2.24) is 0 Å². The van der Waals surface area contributed by atoms with Gasteiger partial charge in [0.2, 0.25) is 0 Å². The van der Waals surface area contributed by atoms with Crippen molar-refractivity contribution in [3.63, 3.8) is 0 Å². The molecule has 162 valence electrons. The molecule has 1 N–H and O–H groups in total. The lowest BCUT2D eigenvalue weighted by Gasteiger charge is -2.09. The van der Waals surface area contributed by atoms with Gasteiger partial charge < -0.3 is 24.1 Å². The fourth-order valence-electron chi connectivity index (χ4n) is 2.77. The van der Waals surface area contributed by atoms with Crippen LogP contribution in [0.3, 0.4) is 0 Å². The third-order valence-electron chi connectivity index (χ3n) is 4.34. The Labute approximate surface area is 171 Å². The first kappa shape index (κ1) is 24.9. The van der Waals surface area contributed by atoms with Crippen molar-refractivity contribution in [3.8, 4) is 5.75 Å². The molecule has 0 aromatic heterocycles. The molecule has 1 aromatic rings. The van der Waals surface area contributed by atoms with Crippen LogP contribution in [0.1, 0.15) is 57.9 Å². The van der Waals surface area contributed by atoms with E-state index in [2.05, 4.69) is 19.1 Å². The highest BCUT2D eigenvalue weighted by Gasteiger charge is 1.98. The highest BCUT2D eigenvalue weighted by atomic mass is 16.6. The number of aliphatic hydroxyl groups excluding tert-OH is 1. The van der Waals surface area contributed by atoms with Gasteiger partial charge in [0.05, 0.1) is 45.7 Å². The summed E-state index contributed by atoms with van der Waals surface area (Å²) in [5.41, 5.74) is 1.38. The second kappa shape index (κ2) is 17.9. The van der Waals surface area contributed by atoms with E-state index in [1.165, 1.54) is 44.1 Å². The molecule has 0 heterocycles. The SMILES string of the molecule is CCCCCCCCc1ccc(OCCOCCOCCOCC(C)O)cc1. The van der Waals surface area contributed by atoms with Crippen molar-refractivity contribution in [1.29, 1.82) is 0 Å². The van der Waals surface area contributed by atoms with E-state index >= 15 is 0 Å². The molecule has 1 unspecified atom stereocenters. The zero-order chi connectivity index (χ0) is 20.3. The number of ether oxygens (including phenoxy) is 4. The normalized spacial score (nSPS) is 12.2. The van der Waals surface area contributed by atoms with Crippen molar-refractivity contribution in [3.05, 3.63) is 29.8 Å². The molecule has 0 spiro atoms. The van der Waals surface area contributed by atoms with Gasteiger partial charge in [-0.15, -0.1) is 0 Å². The Kier molecular flexibility index (Phi) is 15.9. The Morgan fingerprint density at radius 1 is 0.750 bits per heavy atom. The molecular formula is C23H40O5. The second-order valence-corrected chi connectivity index (χ2v) is 7.16. The van der Waals surface area contributed by atoms with E-state index in [9.17, 15) is 0 Å². The Hall–Kier alpha value is -1.14. The van der Waals surface area contributed by atoms with E-state index in [4.69, 9.17) is 24.1 Å². The van der Waals surface area contributed by atoms with Gasteiger partial charge in [0.15, 0.2) is 0 Å². The fraction of sp³-hybridized carbons (Fsp3) is 0.739. The van der Waals surface area contributed by atoms with E-state index < -0.39 is 6.10 Å². The zero-order valence-corrected chi connectivity index (χ0v) is 17.9. The Morgan fingerprint density at radius 2 is 1.32 bits per heavy atom. The number of benzene rings is 1. The first-order valence-corrected chi connectivity index (χ1v) is 10.9. The fourth-order valence-corrected chi connectivity index (χ4v) is 2.77. The summed E-state index contributed by atoms with van der Waals surface area (Å²) in [5, 5.41) is 9.04. The lowest BCUT2D eigenvalue weighted by Crippen LogP contribution is -2.15. The summed E-state index contributed by atoms with van der Waals surface area (Å²) >= 11 is 0. The van der Waals surface area contributed by atoms with Crippen LogP contribution < -0.4 is 4.74 Å². The average Bonchev–Trinajstić information content (AvgIpc) is 2.69. The lowest BCUT2D eigenvalue weighted by atomic mass is 10.0. The van der Waals surface area contributed by atoms with Gasteiger partial charge in [-0.3, -0.25) is 0 Å². The number of hydrogen-bond acceptors (Lipinski definition) is 5. The van der Waals surface area contributed by atoms with Gasteiger partial charge in [0.1, 0.15) is 12.4 Å². The van der Waals surface area contributed by atoms with Gasteiger partial charge in [-0.25, -0.2) is 0 Å². The van der Waals surface area contributed by atoms with Gasteiger partial charge in [-0.05, 0) is 37.5 Å². The predicted molar refractivity (Wildman–Crippen MR) is 113 cm³/mol. The Bertz CT molecular complexity index is 447. The largest absolute Gasteiger partial charge is 0.491 e. The maximum absolute atomic E-state index is 9.04. The standard InChI is InChI=1S/C23H40O5/c1-3-4-5-6-7-8-9-22-10-12-23(13-11-22)28-19-18-26-15-14-25-16-17-27-20-21(2)24/h10-13,21,24H,3-9,14-20H2,1-2H3. The molecule has 1 aromatic carbocycles. The molecular weight excluding hydrogens is 356 g/mol. The Balaban J connectivity index is 1.93. The topological polar surface area (TPSA) is 57.2 Å². The minimum atomic E-state index is -0.431. The molecule has 0 saturated carbocycles. The van der Waals surface area contributed by atoms with Gasteiger partial charge >= 0.3 is 0 Å². The van der Waals surface area contributed by atoms with Gasteiger partial charge in [-0.2, -0.15) is 0 Å². The van der Waals surface area contributed by atoms with Crippen LogP contribution in [0.5, 0.6) is 5.75 Å². The molecule has 1 atom stereocenters. The van der Waals surface area contributed by atoms with Crippen LogP contribution >= 0.6 is 0 Å². The quantitative estimate of drug-likeness (QED) is 0.351. The molecule has 0 radical (unpaired) electrons. The van der Waals surface area contributed by atoms with Crippen molar-refractivity contribution in [2.75, 3.05) is 46.2 Å². The molecule has 0 bridgehead atoms. The van der Waals surface area contributed by atoms with Crippen molar-refractivity contribution in [2.24, 2.45) is 0 Å². The van der Waals surface area contributed by atoms with Gasteiger partial charge in [0.25, 0.3) is 0 Å². The van der Waals surface area contributed by atoms with Crippen LogP contribution in [0.4, 0.5) is 0 Å². The summed E-state index contributed by atoms with van der Waals surface area (Å²) in [6, 6.07) is 8.41. The minimum Gasteiger partial charge on any atom is -0.491 e. The summed E-state index contributed by atoms with van der Waals surface area (Å²) in [6.07, 6.45) is 8.72. The monoisotopic (exact) mass is 396 g/mol. The first-order valence-electron chi connectivity index (χ1n) is 10.9. The number of aliphatic hydroxyl groups is 1. The molecule has 0 aliphatic rings. The average molecular weight is 397 g/mol. The summed E-state index contributed by atoms with van der Waals surface area (Å²) < 4.78 is 21.8. The zero-order valence-electron chi connectivity index (χ0n) is 17.9. The molecule has 0 saturated heterocycles. The van der Waals surface area contributed by atoms with E-state index in [1.807, 2.05) is 12.1 Å². The minimum absolute atomic E-state index is 0.344. The smallest absolute Gasteiger partial charge is 0.119 e. The highest BCUT2D eigenvalue weighted by Crippen LogP contribution is 2.15. The second-order valence-electron chi connectivity index (χ2n) is 7.16. The number of aryl methyl sites for hydroxylation is 1. The molecule has 1 rings (SSSR count). The summed E-state index contributed by atoms with van der Waals surface area (Å²) in [7, 11) is 0. The molecule has 28 heavy (non-hydrogen) atoms. The maximum atomic E-state index is 9.04. The van der Waals surface area contributed by atoms with Crippen molar-refractivity contribution >= 4 is 0 Å². The number of rotatable bonds is 19. The van der Waals surface area contributed by atoms with E-state index in [0.29, 0.717) is 46.2 Å². The third-order valence-corrected chi connectivity index (χ3v) is 4.34. The molecule has 5 nitrogen and oxygen atoms in total. The summed E-state index contributed by atoms with van der Waals surface area (Å²) in [6.45, 7) is 7.45. The van der Waals surface area contributed by atoms with E-state index in [-0.39, 0.29) is 0 Å². The van der Waals surface area contributed by atoms with Crippen LogP contribution in [0, 0.1) is 0 Å². The number of unbranched alkanes of at least 4 members (excludes halogenated alkanes) is 5. The molecule has 0 aliphatic carbocycles. The van der Waals surface area contributed by atoms with Gasteiger partial charge in [-0.1, -0.05) is 51.2 Å². The van der Waals surface area contributed by atoms with Crippen molar-refractivity contribution in [2.45, 2.75) is 64.9 Å². The van der Waals surface area contributed by atoms with Crippen LogP contribution in [0.25, 0.3) is 0 Å². The van der Waals surface area contributed by atoms with Gasteiger partial charge in [0, 0.05) is 0 Å². The predicted octanol–water partition coefficient (Wildman–Crippen LogP) is 4.40. The molecule has 0 amide bonds. The molecule has 5 heteroatoms. The maximum Gasteiger partial charge on any atom is 0.119 e. The molecule has 0 fully saturated rings. The van der Waals surface area contributed by atoms with Crippen LogP contribution in [0.2, 0.25) is 0 Å². The van der Waals surface area contributed by atoms with E-state index in [0.717, 1.165) is 12.2 Å². The Morgan fingerprint density at radius 3 is 1.96 bits per heavy atom. The van der Waals surface area contributed by atoms with Crippen molar-refractivity contribution < 1.29 is 24.1 Å². The first-order chi connectivity index (χ1) is 13.7. The summed E-state index contributed by atoms with van der Waals surface area (Å²) in [4.78, 5) is 0. The number of hydrogen-bond donors (Lipinski definition) is 1. The van der Waals surface area contributed by atoms with E-state index in [1.54, 1.807) is 6.92 Å². The van der Waals surface area contributed by atoms with Crippen LogP contribution in [-0.4, -0.2) is 57.5 Å². The lowest BCUT2D eigenvalue weighted by molar-refractivity contribution is -0.00841. The molecule has 0 aliphatic heterocycles.